The number of rotatable bonds is 5. The van der Waals surface area contributed by atoms with Gasteiger partial charge in [-0.2, -0.15) is 22.0 Å². The monoisotopic (exact) mass is 382 g/mol. The number of carbonyl (C=O) groups is 1. The molecule has 0 aliphatic carbocycles. The number of nitrogen functional groups attached to an aromatic ring is 1. The molecule has 0 unspecified atom stereocenters. The minimum atomic E-state index is -5.75. The van der Waals surface area contributed by atoms with Gasteiger partial charge in [-0.25, -0.2) is 0 Å². The molecule has 146 valence electrons. The molecular weight excluding hydrogens is 363 g/mol. The van der Waals surface area contributed by atoms with Gasteiger partial charge in [-0.1, -0.05) is 0 Å². The van der Waals surface area contributed by atoms with Gasteiger partial charge < -0.3 is 26.0 Å². The highest BCUT2D eigenvalue weighted by Crippen LogP contribution is 2.35. The van der Waals surface area contributed by atoms with Crippen molar-refractivity contribution in [1.82, 2.24) is 5.32 Å². The average molecular weight is 382 g/mol. The molecule has 0 spiro atoms. The first-order valence-electron chi connectivity index (χ1n) is 7.73. The van der Waals surface area contributed by atoms with Crippen LogP contribution in [0.15, 0.2) is 12.1 Å². The summed E-state index contributed by atoms with van der Waals surface area (Å²) >= 11 is 0. The van der Waals surface area contributed by atoms with Crippen LogP contribution in [-0.2, 0) is 4.74 Å². The quantitative estimate of drug-likeness (QED) is 0.537. The van der Waals surface area contributed by atoms with E-state index >= 15 is 0 Å². The summed E-state index contributed by atoms with van der Waals surface area (Å²) in [5.74, 6) is -6.09. The van der Waals surface area contributed by atoms with Crippen LogP contribution in [0.1, 0.15) is 10.4 Å². The summed E-state index contributed by atoms with van der Waals surface area (Å²) in [4.78, 5) is 14.1. The summed E-state index contributed by atoms with van der Waals surface area (Å²) in [5.41, 5.74) is 6.77. The first-order valence-corrected chi connectivity index (χ1v) is 7.73. The Morgan fingerprint density at radius 3 is 2.38 bits per heavy atom. The second kappa shape index (κ2) is 7.52. The van der Waals surface area contributed by atoms with E-state index in [-0.39, 0.29) is 11.3 Å². The van der Waals surface area contributed by atoms with Crippen LogP contribution in [0.3, 0.4) is 0 Å². The summed E-state index contributed by atoms with van der Waals surface area (Å²) < 4.78 is 68.1. The van der Waals surface area contributed by atoms with Crippen LogP contribution in [0.4, 0.5) is 39.0 Å². The van der Waals surface area contributed by atoms with Crippen molar-refractivity contribution in [2.24, 2.45) is 0 Å². The first-order chi connectivity index (χ1) is 12.1. The Kier molecular flexibility index (Phi) is 5.79. The van der Waals surface area contributed by atoms with Crippen LogP contribution in [-0.4, -0.2) is 57.9 Å². The molecule has 0 aromatic heterocycles. The second-order valence-corrected chi connectivity index (χ2v) is 5.69. The Bertz CT molecular complexity index is 660. The first kappa shape index (κ1) is 20.0. The van der Waals surface area contributed by atoms with Gasteiger partial charge in [-0.3, -0.25) is 4.79 Å². The topological polar surface area (TPSA) is 79.6 Å². The number of hydrogen-bond acceptors (Lipinski definition) is 5. The molecule has 11 heteroatoms. The zero-order valence-electron chi connectivity index (χ0n) is 13.9. The number of carbonyl (C=O) groups excluding carboxylic acids is 1. The number of nitrogens with zero attached hydrogens (tertiary/aromatic N) is 1. The van der Waals surface area contributed by atoms with Crippen LogP contribution in [0.25, 0.3) is 0 Å². The van der Waals surface area contributed by atoms with E-state index in [0.717, 1.165) is 0 Å². The molecule has 4 N–H and O–H groups in total. The second-order valence-electron chi connectivity index (χ2n) is 5.69. The number of nitrogens with two attached hydrogens (primary N) is 1. The maximum atomic E-state index is 13.1. The van der Waals surface area contributed by atoms with Crippen molar-refractivity contribution in [2.45, 2.75) is 12.1 Å². The molecule has 6 nitrogen and oxygen atoms in total. The normalized spacial score (nSPS) is 15.7. The van der Waals surface area contributed by atoms with Gasteiger partial charge in [0.15, 0.2) is 0 Å². The SMILES string of the molecule is CNc1cc(N2CCOCC2)c(C(=O)NCC(F)(F)C(F)(F)F)cc1N. The molecule has 1 aliphatic heterocycles. The highest BCUT2D eigenvalue weighted by molar-refractivity contribution is 6.02. The number of alkyl halides is 5. The fourth-order valence-electron chi connectivity index (χ4n) is 2.46. The Morgan fingerprint density at radius 2 is 1.85 bits per heavy atom. The molecule has 1 saturated heterocycles. The lowest BCUT2D eigenvalue weighted by Crippen LogP contribution is -2.47. The molecule has 1 aliphatic rings. The maximum Gasteiger partial charge on any atom is 0.455 e. The minimum absolute atomic E-state index is 0.0821. The van der Waals surface area contributed by atoms with Gasteiger partial charge in [0.25, 0.3) is 5.91 Å². The lowest BCUT2D eigenvalue weighted by Gasteiger charge is -2.31. The van der Waals surface area contributed by atoms with E-state index in [9.17, 15) is 26.7 Å². The van der Waals surface area contributed by atoms with E-state index in [2.05, 4.69) is 5.32 Å². The number of benzene rings is 1. The van der Waals surface area contributed by atoms with Crippen LogP contribution in [0.2, 0.25) is 0 Å². The summed E-state index contributed by atoms with van der Waals surface area (Å²) in [6.07, 6.45) is -5.75. The Labute approximate surface area is 146 Å². The Hall–Kier alpha value is -2.30. The number of halogens is 5. The zero-order valence-corrected chi connectivity index (χ0v) is 13.9. The van der Waals surface area contributed by atoms with Crippen molar-refractivity contribution in [3.8, 4) is 0 Å². The van der Waals surface area contributed by atoms with Gasteiger partial charge in [0, 0.05) is 20.1 Å². The molecule has 0 atom stereocenters. The molecule has 26 heavy (non-hydrogen) atoms. The summed E-state index contributed by atoms with van der Waals surface area (Å²) in [7, 11) is 1.61. The largest absolute Gasteiger partial charge is 0.455 e. The van der Waals surface area contributed by atoms with E-state index in [1.165, 1.54) is 6.07 Å². The van der Waals surface area contributed by atoms with Crippen molar-refractivity contribution < 1.29 is 31.5 Å². The molecular formula is C15H19F5N4O2. The number of nitrogens with one attached hydrogen (secondary N) is 2. The maximum absolute atomic E-state index is 13.1. The lowest BCUT2D eigenvalue weighted by molar-refractivity contribution is -0.278. The predicted molar refractivity (Wildman–Crippen MR) is 86.8 cm³/mol. The van der Waals surface area contributed by atoms with Gasteiger partial charge in [0.05, 0.1) is 42.4 Å². The van der Waals surface area contributed by atoms with Crippen LogP contribution < -0.4 is 21.3 Å². The van der Waals surface area contributed by atoms with Crippen molar-refractivity contribution in [3.05, 3.63) is 17.7 Å². The van der Waals surface area contributed by atoms with Crippen molar-refractivity contribution >= 4 is 23.0 Å². The van der Waals surface area contributed by atoms with Crippen LogP contribution >= 0.6 is 0 Å². The van der Waals surface area contributed by atoms with E-state index in [4.69, 9.17) is 10.5 Å². The van der Waals surface area contributed by atoms with Crippen molar-refractivity contribution in [2.75, 3.05) is 55.8 Å². The van der Waals surface area contributed by atoms with Gasteiger partial charge in [-0.15, -0.1) is 0 Å². The molecule has 1 heterocycles. The molecule has 1 fully saturated rings. The molecule has 1 aromatic carbocycles. The molecule has 0 radical (unpaired) electrons. The third-order valence-corrected chi connectivity index (χ3v) is 3.92. The van der Waals surface area contributed by atoms with E-state index in [1.807, 2.05) is 0 Å². The number of anilines is 3. The van der Waals surface area contributed by atoms with E-state index in [0.29, 0.717) is 37.7 Å². The minimum Gasteiger partial charge on any atom is -0.397 e. The fourth-order valence-corrected chi connectivity index (χ4v) is 2.46. The molecule has 1 amide bonds. The number of amides is 1. The third-order valence-electron chi connectivity index (χ3n) is 3.92. The van der Waals surface area contributed by atoms with Gasteiger partial charge in [0.1, 0.15) is 0 Å². The van der Waals surface area contributed by atoms with Crippen molar-refractivity contribution in [3.63, 3.8) is 0 Å². The standard InChI is InChI=1S/C15H19F5N4O2/c1-22-11-7-12(24-2-4-26-5-3-24)9(6-10(11)21)13(25)23-8-14(16,17)15(18,19)20/h6-7,22H,2-5,8,21H2,1H3,(H,23,25). The highest BCUT2D eigenvalue weighted by Gasteiger charge is 2.57. The van der Waals surface area contributed by atoms with E-state index in [1.54, 1.807) is 23.3 Å². The number of morpholine rings is 1. The smallest absolute Gasteiger partial charge is 0.397 e. The number of ether oxygens (including phenoxy) is 1. The number of hydrogen-bond donors (Lipinski definition) is 3. The molecule has 0 saturated carbocycles. The van der Waals surface area contributed by atoms with Crippen LogP contribution in [0, 0.1) is 0 Å². The molecule has 1 aromatic rings. The van der Waals surface area contributed by atoms with E-state index < -0.39 is 24.6 Å². The molecule has 2 rings (SSSR count). The highest BCUT2D eigenvalue weighted by atomic mass is 19.4. The van der Waals surface area contributed by atoms with Gasteiger partial charge >= 0.3 is 12.1 Å². The summed E-state index contributed by atoms with van der Waals surface area (Å²) in [6, 6.07) is 2.80. The molecule has 0 bridgehead atoms. The Morgan fingerprint density at radius 1 is 1.23 bits per heavy atom. The summed E-state index contributed by atoms with van der Waals surface area (Å²) in [5, 5.41) is 4.48. The Balaban J connectivity index is 2.28. The third kappa shape index (κ3) is 4.26. The average Bonchev–Trinajstić information content (AvgIpc) is 2.59. The summed E-state index contributed by atoms with van der Waals surface area (Å²) in [6.45, 7) is -0.192. The lowest BCUT2D eigenvalue weighted by atomic mass is 10.1. The van der Waals surface area contributed by atoms with Gasteiger partial charge in [0.2, 0.25) is 0 Å². The fraction of sp³-hybridized carbons (Fsp3) is 0.533. The van der Waals surface area contributed by atoms with Crippen molar-refractivity contribution in [1.29, 1.82) is 0 Å². The van der Waals surface area contributed by atoms with Crippen LogP contribution in [0.5, 0.6) is 0 Å². The zero-order chi connectivity index (χ0) is 19.5. The van der Waals surface area contributed by atoms with Gasteiger partial charge in [-0.05, 0) is 12.1 Å². The predicted octanol–water partition coefficient (Wildman–Crippen LogP) is 2.07.